The van der Waals surface area contributed by atoms with Crippen molar-refractivity contribution in [1.82, 2.24) is 0 Å². The Morgan fingerprint density at radius 2 is 1.66 bits per heavy atom. The number of carbonyl (C=O) groups is 2. The van der Waals surface area contributed by atoms with E-state index >= 15 is 4.39 Å². The van der Waals surface area contributed by atoms with Gasteiger partial charge >= 0.3 is 5.97 Å². The van der Waals surface area contributed by atoms with Crippen molar-refractivity contribution in [2.24, 2.45) is 28.6 Å². The molecule has 0 aliphatic heterocycles. The number of halogens is 1. The lowest BCUT2D eigenvalue weighted by atomic mass is 9.50. The number of benzene rings is 1. The smallest absolute Gasteiger partial charge is 0.311 e. The van der Waals surface area contributed by atoms with Crippen molar-refractivity contribution in [2.75, 3.05) is 13.7 Å². The van der Waals surface area contributed by atoms with Crippen LogP contribution in [0.15, 0.2) is 12.1 Å². The summed E-state index contributed by atoms with van der Waals surface area (Å²) in [6.07, 6.45) is 9.91. The normalized spacial score (nSPS) is 30.9. The molecule has 5 saturated carbocycles. The Morgan fingerprint density at radius 3 is 2.19 bits per heavy atom. The summed E-state index contributed by atoms with van der Waals surface area (Å²) in [4.78, 5) is 24.9. The molecule has 5 aliphatic carbocycles. The Balaban J connectivity index is 1.35. The molecule has 0 spiro atoms. The number of ether oxygens (including phenoxy) is 2. The van der Waals surface area contributed by atoms with Gasteiger partial charge in [0.05, 0.1) is 24.7 Å². The number of ketones is 1. The molecule has 1 aromatic rings. The van der Waals surface area contributed by atoms with E-state index in [1.807, 2.05) is 0 Å². The minimum atomic E-state index is -0.994. The van der Waals surface area contributed by atoms with E-state index < -0.39 is 17.2 Å². The average Bonchev–Trinajstić information content (AvgIpc) is 3.55. The van der Waals surface area contributed by atoms with Gasteiger partial charge in [-0.25, -0.2) is 4.39 Å². The summed E-state index contributed by atoms with van der Waals surface area (Å²) >= 11 is 0. The van der Waals surface area contributed by atoms with E-state index in [0.29, 0.717) is 18.3 Å². The lowest BCUT2D eigenvalue weighted by molar-refractivity contribution is -0.150. The summed E-state index contributed by atoms with van der Waals surface area (Å²) in [7, 11) is 1.30. The van der Waals surface area contributed by atoms with Crippen molar-refractivity contribution in [2.45, 2.75) is 77.6 Å². The molecule has 0 amide bonds. The van der Waals surface area contributed by atoms with Crippen LogP contribution in [-0.2, 0) is 9.53 Å². The van der Waals surface area contributed by atoms with Crippen molar-refractivity contribution in [3.63, 3.8) is 0 Å². The van der Waals surface area contributed by atoms with Gasteiger partial charge in [0, 0.05) is 17.9 Å². The molecular weight excluding hydrogens is 407 g/mol. The summed E-state index contributed by atoms with van der Waals surface area (Å²) in [6, 6.07) is 3.12. The van der Waals surface area contributed by atoms with Gasteiger partial charge in [-0.2, -0.15) is 0 Å². The maximum atomic E-state index is 15.1. The van der Waals surface area contributed by atoms with Gasteiger partial charge in [-0.15, -0.1) is 0 Å². The van der Waals surface area contributed by atoms with E-state index in [9.17, 15) is 9.59 Å². The average molecular weight is 443 g/mol. The van der Waals surface area contributed by atoms with Crippen LogP contribution in [0, 0.1) is 34.4 Å². The highest BCUT2D eigenvalue weighted by atomic mass is 19.1. The molecule has 5 aliphatic rings. The van der Waals surface area contributed by atoms with Crippen LogP contribution < -0.4 is 4.74 Å². The summed E-state index contributed by atoms with van der Waals surface area (Å²) in [5.74, 6) is 2.11. The highest BCUT2D eigenvalue weighted by molar-refractivity contribution is 5.99. The fraction of sp³-hybridized carbons (Fsp3) is 0.704. The van der Waals surface area contributed by atoms with Gasteiger partial charge in [-0.05, 0) is 101 Å². The Labute approximate surface area is 190 Å². The number of Topliss-reactive ketones (excluding diaryl/α,β-unsaturated/α-hetero) is 1. The monoisotopic (exact) mass is 442 g/mol. The number of hydrogen-bond acceptors (Lipinski definition) is 4. The van der Waals surface area contributed by atoms with Crippen LogP contribution in [-0.4, -0.2) is 25.5 Å². The first kappa shape index (κ1) is 21.9. The van der Waals surface area contributed by atoms with Crippen LogP contribution >= 0.6 is 0 Å². The molecule has 5 heteroatoms. The largest absolute Gasteiger partial charge is 0.493 e. The first-order chi connectivity index (χ1) is 15.2. The highest BCUT2D eigenvalue weighted by Gasteiger charge is 2.51. The molecule has 1 aromatic carbocycles. The van der Waals surface area contributed by atoms with E-state index in [4.69, 9.17) is 9.47 Å². The zero-order valence-electron chi connectivity index (χ0n) is 19.5. The predicted octanol–water partition coefficient (Wildman–Crippen LogP) is 6.07. The Bertz CT molecular complexity index is 895. The van der Waals surface area contributed by atoms with Crippen molar-refractivity contribution in [3.05, 3.63) is 29.1 Å². The summed E-state index contributed by atoms with van der Waals surface area (Å²) in [5, 5.41) is 0. The quantitative estimate of drug-likeness (QED) is 0.362. The topological polar surface area (TPSA) is 52.6 Å². The van der Waals surface area contributed by atoms with Gasteiger partial charge in [0.25, 0.3) is 0 Å². The van der Waals surface area contributed by atoms with Crippen molar-refractivity contribution >= 4 is 11.8 Å². The second-order valence-corrected chi connectivity index (χ2v) is 11.8. The third kappa shape index (κ3) is 4.08. The zero-order chi connectivity index (χ0) is 22.7. The molecule has 4 nitrogen and oxygen atoms in total. The molecule has 0 N–H and O–H groups in total. The van der Waals surface area contributed by atoms with E-state index in [0.717, 1.165) is 36.2 Å². The van der Waals surface area contributed by atoms with E-state index in [1.165, 1.54) is 51.7 Å². The lowest BCUT2D eigenvalue weighted by Crippen LogP contribution is -2.48. The molecule has 6 rings (SSSR count). The van der Waals surface area contributed by atoms with Crippen LogP contribution in [0.1, 0.15) is 93.5 Å². The number of methoxy groups -OCH3 is 1. The summed E-state index contributed by atoms with van der Waals surface area (Å²) in [6.45, 7) is 3.97. The van der Waals surface area contributed by atoms with Crippen molar-refractivity contribution in [3.8, 4) is 5.75 Å². The molecule has 32 heavy (non-hydrogen) atoms. The van der Waals surface area contributed by atoms with Gasteiger partial charge in [0.1, 0.15) is 11.6 Å². The van der Waals surface area contributed by atoms with Crippen LogP contribution in [0.2, 0.25) is 0 Å². The Kier molecular flexibility index (Phi) is 5.37. The van der Waals surface area contributed by atoms with Gasteiger partial charge in [-0.1, -0.05) is 0 Å². The molecule has 0 radical (unpaired) electrons. The SMILES string of the molecule is COC(=O)C(C)(C)CC(=O)c1cc(C2CC2)c(OCC23CC4CC(CC(C4)C2)C3)cc1F. The molecule has 4 bridgehead atoms. The van der Waals surface area contributed by atoms with Crippen LogP contribution in [0.3, 0.4) is 0 Å². The maximum absolute atomic E-state index is 15.1. The number of hydrogen-bond donors (Lipinski definition) is 0. The minimum absolute atomic E-state index is 0.0611. The van der Waals surface area contributed by atoms with Crippen molar-refractivity contribution in [1.29, 1.82) is 0 Å². The molecule has 0 atom stereocenters. The van der Waals surface area contributed by atoms with Crippen LogP contribution in [0.5, 0.6) is 5.75 Å². The fourth-order valence-corrected chi connectivity index (χ4v) is 7.17. The molecular formula is C27H35FO4. The van der Waals surface area contributed by atoms with Crippen LogP contribution in [0.25, 0.3) is 0 Å². The zero-order valence-corrected chi connectivity index (χ0v) is 19.5. The minimum Gasteiger partial charge on any atom is -0.493 e. The highest BCUT2D eigenvalue weighted by Crippen LogP contribution is 2.60. The molecule has 0 saturated heterocycles. The first-order valence-electron chi connectivity index (χ1n) is 12.3. The molecule has 0 heterocycles. The van der Waals surface area contributed by atoms with Gasteiger partial charge in [0.15, 0.2) is 5.78 Å². The summed E-state index contributed by atoms with van der Waals surface area (Å²) in [5.41, 5.74) is 0.276. The Hall–Kier alpha value is -1.91. The number of esters is 1. The number of carbonyl (C=O) groups excluding carboxylic acids is 2. The molecule has 0 aromatic heterocycles. The molecule has 174 valence electrons. The Morgan fingerprint density at radius 1 is 1.06 bits per heavy atom. The third-order valence-electron chi connectivity index (χ3n) is 8.46. The van der Waals surface area contributed by atoms with E-state index in [2.05, 4.69) is 0 Å². The van der Waals surface area contributed by atoms with Gasteiger partial charge in [0.2, 0.25) is 0 Å². The third-order valence-corrected chi connectivity index (χ3v) is 8.46. The fourth-order valence-electron chi connectivity index (χ4n) is 7.17. The van der Waals surface area contributed by atoms with Gasteiger partial charge in [-0.3, -0.25) is 9.59 Å². The predicted molar refractivity (Wildman–Crippen MR) is 119 cm³/mol. The van der Waals surface area contributed by atoms with Gasteiger partial charge < -0.3 is 9.47 Å². The molecule has 0 unspecified atom stereocenters. The van der Waals surface area contributed by atoms with E-state index in [-0.39, 0.29) is 23.2 Å². The molecule has 5 fully saturated rings. The van der Waals surface area contributed by atoms with E-state index in [1.54, 1.807) is 19.9 Å². The second-order valence-electron chi connectivity index (χ2n) is 11.8. The standard InChI is InChI=1S/C27H35FO4/c1-26(2,25(30)31-3)14-23(29)21-9-20(19-4-5-19)24(10-22(21)28)32-15-27-11-16-6-17(12-27)8-18(7-16)13-27/h9-10,16-19H,4-8,11-15H2,1-3H3. The maximum Gasteiger partial charge on any atom is 0.311 e. The van der Waals surface area contributed by atoms with Crippen LogP contribution in [0.4, 0.5) is 4.39 Å². The lowest BCUT2D eigenvalue weighted by Gasteiger charge is -2.56. The first-order valence-corrected chi connectivity index (χ1v) is 12.3. The number of rotatable bonds is 8. The van der Waals surface area contributed by atoms with Crippen molar-refractivity contribution < 1.29 is 23.5 Å². The summed E-state index contributed by atoms with van der Waals surface area (Å²) < 4.78 is 26.3. The second kappa shape index (κ2) is 7.85.